The molecule has 1 aromatic heterocycles. The third-order valence-electron chi connectivity index (χ3n) is 2.17. The molecular weight excluding hydrogens is 212 g/mol. The average Bonchev–Trinajstić information content (AvgIpc) is 2.30. The molecule has 80 valence electrons. The van der Waals surface area contributed by atoms with Crippen molar-refractivity contribution in [2.75, 3.05) is 0 Å². The van der Waals surface area contributed by atoms with Gasteiger partial charge >= 0.3 is 0 Å². The lowest BCUT2D eigenvalue weighted by atomic mass is 10.1. The molecule has 2 nitrogen and oxygen atoms in total. The number of hydrogen-bond acceptors (Lipinski definition) is 2. The summed E-state index contributed by atoms with van der Waals surface area (Å²) in [4.78, 5) is 14.7. The molecule has 0 N–H and O–H groups in total. The minimum atomic E-state index is -0.635. The van der Waals surface area contributed by atoms with E-state index in [4.69, 9.17) is 0 Å². The zero-order valence-corrected chi connectivity index (χ0v) is 8.15. The van der Waals surface area contributed by atoms with Crippen LogP contribution in [0.3, 0.4) is 0 Å². The molecule has 0 unspecified atom stereocenters. The first-order valence-electron chi connectivity index (χ1n) is 4.58. The van der Waals surface area contributed by atoms with Crippen LogP contribution in [0.1, 0.15) is 10.4 Å². The lowest BCUT2D eigenvalue weighted by Crippen LogP contribution is -1.95. The summed E-state index contributed by atoms with van der Waals surface area (Å²) in [6.07, 6.45) is 1.67. The first-order valence-corrected chi connectivity index (χ1v) is 4.58. The van der Waals surface area contributed by atoms with Crippen molar-refractivity contribution in [3.05, 3.63) is 53.7 Å². The van der Waals surface area contributed by atoms with Crippen LogP contribution < -0.4 is 0 Å². The quantitative estimate of drug-likeness (QED) is 0.727. The van der Waals surface area contributed by atoms with E-state index in [1.807, 2.05) is 0 Å². The number of benzene rings is 1. The molecule has 2 rings (SSSR count). The standard InChI is InChI=1S/C12H7F2NO/c13-9-3-1-8(2-4-9)12-10(7-16)11(14)5-6-15-12/h1-7H. The van der Waals surface area contributed by atoms with Crippen LogP contribution in [-0.4, -0.2) is 11.3 Å². The van der Waals surface area contributed by atoms with Crippen LogP contribution in [0.4, 0.5) is 8.78 Å². The van der Waals surface area contributed by atoms with E-state index in [0.29, 0.717) is 11.8 Å². The lowest BCUT2D eigenvalue weighted by molar-refractivity contribution is 0.112. The van der Waals surface area contributed by atoms with Crippen molar-refractivity contribution in [1.82, 2.24) is 4.98 Å². The fraction of sp³-hybridized carbons (Fsp3) is 0. The number of pyridine rings is 1. The predicted molar refractivity (Wildman–Crippen MR) is 55.0 cm³/mol. The lowest BCUT2D eigenvalue weighted by Gasteiger charge is -2.04. The van der Waals surface area contributed by atoms with Crippen LogP contribution in [0.5, 0.6) is 0 Å². The Morgan fingerprint density at radius 3 is 2.38 bits per heavy atom. The van der Waals surface area contributed by atoms with E-state index < -0.39 is 11.6 Å². The highest BCUT2D eigenvalue weighted by molar-refractivity contribution is 5.85. The summed E-state index contributed by atoms with van der Waals surface area (Å²) in [6.45, 7) is 0. The van der Waals surface area contributed by atoms with Crippen molar-refractivity contribution < 1.29 is 13.6 Å². The second-order valence-electron chi connectivity index (χ2n) is 3.18. The van der Waals surface area contributed by atoms with E-state index >= 15 is 0 Å². The second-order valence-corrected chi connectivity index (χ2v) is 3.18. The molecule has 0 aliphatic carbocycles. The van der Waals surface area contributed by atoms with E-state index in [-0.39, 0.29) is 11.3 Å². The van der Waals surface area contributed by atoms with Crippen molar-refractivity contribution in [3.8, 4) is 11.3 Å². The van der Waals surface area contributed by atoms with Crippen LogP contribution in [0, 0.1) is 11.6 Å². The number of aldehydes is 1. The number of nitrogens with zero attached hydrogens (tertiary/aromatic N) is 1. The van der Waals surface area contributed by atoms with Gasteiger partial charge in [-0.05, 0) is 30.3 Å². The predicted octanol–water partition coefficient (Wildman–Crippen LogP) is 2.84. The molecule has 4 heteroatoms. The first-order chi connectivity index (χ1) is 7.72. The van der Waals surface area contributed by atoms with E-state index in [1.165, 1.54) is 30.5 Å². The van der Waals surface area contributed by atoms with Gasteiger partial charge in [0.25, 0.3) is 0 Å². The molecule has 0 bridgehead atoms. The minimum absolute atomic E-state index is 0.117. The number of carbonyl (C=O) groups is 1. The van der Waals surface area contributed by atoms with Crippen molar-refractivity contribution in [2.24, 2.45) is 0 Å². The zero-order valence-electron chi connectivity index (χ0n) is 8.15. The van der Waals surface area contributed by atoms with Gasteiger partial charge in [0.1, 0.15) is 11.6 Å². The fourth-order valence-electron chi connectivity index (χ4n) is 1.40. The smallest absolute Gasteiger partial charge is 0.155 e. The van der Waals surface area contributed by atoms with E-state index in [0.717, 1.165) is 6.07 Å². The molecule has 0 aliphatic heterocycles. The molecule has 0 saturated carbocycles. The van der Waals surface area contributed by atoms with Gasteiger partial charge in [-0.25, -0.2) is 8.78 Å². The Kier molecular flexibility index (Phi) is 2.72. The maximum Gasteiger partial charge on any atom is 0.155 e. The summed E-state index contributed by atoms with van der Waals surface area (Å²) in [6, 6.07) is 6.47. The number of aromatic nitrogens is 1. The molecule has 1 aromatic carbocycles. The SMILES string of the molecule is O=Cc1c(F)ccnc1-c1ccc(F)cc1. The maximum absolute atomic E-state index is 13.3. The van der Waals surface area contributed by atoms with Gasteiger partial charge in [0.15, 0.2) is 6.29 Å². The number of hydrogen-bond donors (Lipinski definition) is 0. The summed E-state index contributed by atoms with van der Waals surface area (Å²) in [5, 5.41) is 0. The van der Waals surface area contributed by atoms with Crippen molar-refractivity contribution in [2.45, 2.75) is 0 Å². The summed E-state index contributed by atoms with van der Waals surface area (Å²) in [7, 11) is 0. The van der Waals surface area contributed by atoms with Crippen molar-refractivity contribution in [1.29, 1.82) is 0 Å². The average molecular weight is 219 g/mol. The molecule has 16 heavy (non-hydrogen) atoms. The molecule has 0 radical (unpaired) electrons. The molecular formula is C12H7F2NO. The van der Waals surface area contributed by atoms with E-state index in [2.05, 4.69) is 4.98 Å². The van der Waals surface area contributed by atoms with E-state index in [9.17, 15) is 13.6 Å². The Labute approximate surface area is 90.6 Å². The van der Waals surface area contributed by atoms with Gasteiger partial charge in [-0.2, -0.15) is 0 Å². The van der Waals surface area contributed by atoms with Crippen LogP contribution in [0.15, 0.2) is 36.5 Å². The van der Waals surface area contributed by atoms with Gasteiger partial charge in [0.2, 0.25) is 0 Å². The molecule has 0 saturated heterocycles. The number of carbonyl (C=O) groups excluding carboxylic acids is 1. The highest BCUT2D eigenvalue weighted by Crippen LogP contribution is 2.22. The summed E-state index contributed by atoms with van der Waals surface area (Å²) >= 11 is 0. The van der Waals surface area contributed by atoms with Gasteiger partial charge in [0.05, 0.1) is 11.3 Å². The largest absolute Gasteiger partial charge is 0.298 e. The number of halogens is 2. The Morgan fingerprint density at radius 2 is 1.75 bits per heavy atom. The van der Waals surface area contributed by atoms with Crippen LogP contribution in [0.2, 0.25) is 0 Å². The fourth-order valence-corrected chi connectivity index (χ4v) is 1.40. The topological polar surface area (TPSA) is 30.0 Å². The van der Waals surface area contributed by atoms with Gasteiger partial charge in [-0.3, -0.25) is 9.78 Å². The molecule has 0 atom stereocenters. The Morgan fingerprint density at radius 1 is 1.06 bits per heavy atom. The second kappa shape index (κ2) is 4.18. The summed E-state index contributed by atoms with van der Waals surface area (Å²) in [5.74, 6) is -1.03. The third-order valence-corrected chi connectivity index (χ3v) is 2.17. The Bertz CT molecular complexity index is 523. The van der Waals surface area contributed by atoms with Crippen LogP contribution in [-0.2, 0) is 0 Å². The molecule has 0 spiro atoms. The zero-order chi connectivity index (χ0) is 11.5. The number of rotatable bonds is 2. The van der Waals surface area contributed by atoms with Crippen LogP contribution >= 0.6 is 0 Å². The van der Waals surface area contributed by atoms with Crippen molar-refractivity contribution >= 4 is 6.29 Å². The minimum Gasteiger partial charge on any atom is -0.298 e. The normalized spacial score (nSPS) is 10.1. The molecule has 1 heterocycles. The molecule has 0 aliphatic rings. The highest BCUT2D eigenvalue weighted by Gasteiger charge is 2.10. The third kappa shape index (κ3) is 1.82. The summed E-state index contributed by atoms with van der Waals surface area (Å²) < 4.78 is 26.0. The summed E-state index contributed by atoms with van der Waals surface area (Å²) in [5.41, 5.74) is 0.604. The van der Waals surface area contributed by atoms with Gasteiger partial charge in [0, 0.05) is 11.8 Å². The maximum atomic E-state index is 13.3. The molecule has 0 fully saturated rings. The monoisotopic (exact) mass is 219 g/mol. The van der Waals surface area contributed by atoms with Crippen molar-refractivity contribution in [3.63, 3.8) is 0 Å². The van der Waals surface area contributed by atoms with Gasteiger partial charge in [-0.1, -0.05) is 0 Å². The molecule has 0 amide bonds. The van der Waals surface area contributed by atoms with Crippen LogP contribution in [0.25, 0.3) is 11.3 Å². The molecule has 2 aromatic rings. The Balaban J connectivity index is 2.59. The first kappa shape index (κ1) is 10.4. The van der Waals surface area contributed by atoms with Gasteiger partial charge < -0.3 is 0 Å². The highest BCUT2D eigenvalue weighted by atomic mass is 19.1. The van der Waals surface area contributed by atoms with Gasteiger partial charge in [-0.15, -0.1) is 0 Å². The Hall–Kier alpha value is -2.10. The van der Waals surface area contributed by atoms with E-state index in [1.54, 1.807) is 0 Å².